The van der Waals surface area contributed by atoms with Gasteiger partial charge in [-0.3, -0.25) is 4.79 Å². The lowest BCUT2D eigenvalue weighted by molar-refractivity contribution is -0.135. The molecule has 0 bridgehead atoms. The first kappa shape index (κ1) is 14.7. The number of rotatable bonds is 4. The molecule has 1 aromatic rings. The number of phenolic OH excluding ortho intramolecular Hbond substituents is 2. The molecule has 0 radical (unpaired) electrons. The summed E-state index contributed by atoms with van der Waals surface area (Å²) in [6.45, 7) is 4.52. The lowest BCUT2D eigenvalue weighted by atomic mass is 9.95. The highest BCUT2D eigenvalue weighted by Gasteiger charge is 2.18. The van der Waals surface area contributed by atoms with Gasteiger partial charge in [-0.1, -0.05) is 13.0 Å². The van der Waals surface area contributed by atoms with E-state index in [-0.39, 0.29) is 23.3 Å². The van der Waals surface area contributed by atoms with Crippen molar-refractivity contribution in [2.24, 2.45) is 0 Å². The highest BCUT2D eigenvalue weighted by molar-refractivity contribution is 5.76. The first-order valence-electron chi connectivity index (χ1n) is 6.95. The van der Waals surface area contributed by atoms with E-state index in [9.17, 15) is 15.0 Å². The van der Waals surface area contributed by atoms with Gasteiger partial charge < -0.3 is 19.8 Å². The van der Waals surface area contributed by atoms with Crippen LogP contribution in [0.1, 0.15) is 31.2 Å². The van der Waals surface area contributed by atoms with E-state index in [0.29, 0.717) is 39.1 Å². The normalized spacial score (nSPS) is 16.9. The Morgan fingerprint density at radius 1 is 1.35 bits per heavy atom. The SMILES string of the molecule is CC(CCC(=O)N1CCOCC1)c1ccc(O)cc1O. The molecule has 1 atom stereocenters. The molecule has 0 saturated carbocycles. The third-order valence-electron chi connectivity index (χ3n) is 3.70. The van der Waals surface area contributed by atoms with Gasteiger partial charge >= 0.3 is 0 Å². The molecule has 1 unspecified atom stereocenters. The maximum atomic E-state index is 12.0. The second kappa shape index (κ2) is 6.61. The number of amides is 1. The van der Waals surface area contributed by atoms with Crippen molar-refractivity contribution in [3.63, 3.8) is 0 Å². The first-order chi connectivity index (χ1) is 9.58. The summed E-state index contributed by atoms with van der Waals surface area (Å²) in [6.07, 6.45) is 1.13. The zero-order chi connectivity index (χ0) is 14.5. The van der Waals surface area contributed by atoms with Crippen molar-refractivity contribution >= 4 is 5.91 Å². The van der Waals surface area contributed by atoms with E-state index >= 15 is 0 Å². The van der Waals surface area contributed by atoms with Gasteiger partial charge in [0.15, 0.2) is 0 Å². The molecular formula is C15H21NO4. The summed E-state index contributed by atoms with van der Waals surface area (Å²) in [5.41, 5.74) is 0.762. The molecule has 20 heavy (non-hydrogen) atoms. The molecule has 0 spiro atoms. The number of hydrogen-bond donors (Lipinski definition) is 2. The Morgan fingerprint density at radius 3 is 2.70 bits per heavy atom. The van der Waals surface area contributed by atoms with Crippen LogP contribution in [0.2, 0.25) is 0 Å². The number of aromatic hydroxyl groups is 2. The smallest absolute Gasteiger partial charge is 0.222 e. The second-order valence-corrected chi connectivity index (χ2v) is 5.18. The maximum Gasteiger partial charge on any atom is 0.222 e. The fourth-order valence-electron chi connectivity index (χ4n) is 2.42. The Labute approximate surface area is 118 Å². The number of nitrogens with zero attached hydrogens (tertiary/aromatic N) is 1. The average Bonchev–Trinajstić information content (AvgIpc) is 2.45. The van der Waals surface area contributed by atoms with E-state index in [4.69, 9.17) is 4.74 Å². The third kappa shape index (κ3) is 3.63. The average molecular weight is 279 g/mol. The van der Waals surface area contributed by atoms with Gasteiger partial charge in [0.2, 0.25) is 5.91 Å². The van der Waals surface area contributed by atoms with E-state index in [1.165, 1.54) is 6.07 Å². The van der Waals surface area contributed by atoms with Crippen LogP contribution in [0, 0.1) is 0 Å². The maximum absolute atomic E-state index is 12.0. The van der Waals surface area contributed by atoms with Crippen molar-refractivity contribution in [3.8, 4) is 11.5 Å². The second-order valence-electron chi connectivity index (χ2n) is 5.18. The molecule has 5 heteroatoms. The van der Waals surface area contributed by atoms with Gasteiger partial charge in [-0.2, -0.15) is 0 Å². The number of phenols is 2. The van der Waals surface area contributed by atoms with Crippen molar-refractivity contribution in [1.82, 2.24) is 4.90 Å². The minimum atomic E-state index is 0.0443. The molecule has 1 amide bonds. The van der Waals surface area contributed by atoms with Crippen LogP contribution in [0.4, 0.5) is 0 Å². The van der Waals surface area contributed by atoms with Crippen LogP contribution in [-0.2, 0) is 9.53 Å². The van der Waals surface area contributed by atoms with Crippen LogP contribution in [0.15, 0.2) is 18.2 Å². The predicted octanol–water partition coefficient (Wildman–Crippen LogP) is 1.84. The van der Waals surface area contributed by atoms with Gasteiger partial charge in [-0.05, 0) is 24.0 Å². The third-order valence-corrected chi connectivity index (χ3v) is 3.70. The zero-order valence-corrected chi connectivity index (χ0v) is 11.7. The number of ether oxygens (including phenoxy) is 1. The van der Waals surface area contributed by atoms with E-state index in [0.717, 1.165) is 5.56 Å². The molecular weight excluding hydrogens is 258 g/mol. The monoisotopic (exact) mass is 279 g/mol. The van der Waals surface area contributed by atoms with Gasteiger partial charge in [0.05, 0.1) is 13.2 Å². The van der Waals surface area contributed by atoms with E-state index in [1.807, 2.05) is 11.8 Å². The largest absolute Gasteiger partial charge is 0.508 e. The summed E-state index contributed by atoms with van der Waals surface area (Å²) in [5.74, 6) is 0.332. The predicted molar refractivity (Wildman–Crippen MR) is 74.8 cm³/mol. The molecule has 1 heterocycles. The molecule has 1 aromatic carbocycles. The molecule has 110 valence electrons. The Balaban J connectivity index is 1.87. The van der Waals surface area contributed by atoms with Crippen molar-refractivity contribution in [3.05, 3.63) is 23.8 Å². The van der Waals surface area contributed by atoms with Crippen molar-refractivity contribution < 1.29 is 19.7 Å². The molecule has 1 aliphatic heterocycles. The minimum Gasteiger partial charge on any atom is -0.508 e. The van der Waals surface area contributed by atoms with E-state index in [2.05, 4.69) is 0 Å². The van der Waals surface area contributed by atoms with Crippen molar-refractivity contribution in [1.29, 1.82) is 0 Å². The molecule has 1 fully saturated rings. The van der Waals surface area contributed by atoms with Crippen molar-refractivity contribution in [2.45, 2.75) is 25.7 Å². The Kier molecular flexibility index (Phi) is 4.84. The van der Waals surface area contributed by atoms with Crippen molar-refractivity contribution in [2.75, 3.05) is 26.3 Å². The first-order valence-corrected chi connectivity index (χ1v) is 6.95. The highest BCUT2D eigenvalue weighted by atomic mass is 16.5. The molecule has 2 rings (SSSR count). The summed E-state index contributed by atoms with van der Waals surface area (Å²) in [5, 5.41) is 19.1. The van der Waals surface area contributed by atoms with Gasteiger partial charge in [0, 0.05) is 25.6 Å². The van der Waals surface area contributed by atoms with Crippen LogP contribution in [-0.4, -0.2) is 47.3 Å². The van der Waals surface area contributed by atoms with E-state index < -0.39 is 0 Å². The summed E-state index contributed by atoms with van der Waals surface area (Å²) in [6, 6.07) is 4.58. The number of carbonyl (C=O) groups is 1. The minimum absolute atomic E-state index is 0.0443. The zero-order valence-electron chi connectivity index (χ0n) is 11.7. The number of morpholine rings is 1. The number of benzene rings is 1. The summed E-state index contributed by atoms with van der Waals surface area (Å²) in [7, 11) is 0. The quantitative estimate of drug-likeness (QED) is 0.882. The van der Waals surface area contributed by atoms with Crippen LogP contribution in [0.25, 0.3) is 0 Å². The Morgan fingerprint density at radius 2 is 2.05 bits per heavy atom. The summed E-state index contributed by atoms with van der Waals surface area (Å²) < 4.78 is 5.22. The van der Waals surface area contributed by atoms with E-state index in [1.54, 1.807) is 12.1 Å². The number of hydrogen-bond acceptors (Lipinski definition) is 4. The number of carbonyl (C=O) groups excluding carboxylic acids is 1. The van der Waals surface area contributed by atoms with Gasteiger partial charge in [0.1, 0.15) is 11.5 Å². The standard InChI is InChI=1S/C15H21NO4/c1-11(13-4-3-12(17)10-14(13)18)2-5-15(19)16-6-8-20-9-7-16/h3-4,10-11,17-18H,2,5-9H2,1H3. The van der Waals surface area contributed by atoms with Crippen LogP contribution < -0.4 is 0 Å². The molecule has 0 aliphatic carbocycles. The highest BCUT2D eigenvalue weighted by Crippen LogP contribution is 2.31. The van der Waals surface area contributed by atoms with Gasteiger partial charge in [0.25, 0.3) is 0 Å². The van der Waals surface area contributed by atoms with Crippen LogP contribution in [0.3, 0.4) is 0 Å². The summed E-state index contributed by atoms with van der Waals surface area (Å²) >= 11 is 0. The van der Waals surface area contributed by atoms with Gasteiger partial charge in [-0.15, -0.1) is 0 Å². The molecule has 2 N–H and O–H groups in total. The topological polar surface area (TPSA) is 70.0 Å². The fraction of sp³-hybridized carbons (Fsp3) is 0.533. The lowest BCUT2D eigenvalue weighted by Gasteiger charge is -2.27. The Bertz CT molecular complexity index is 469. The molecule has 0 aromatic heterocycles. The molecule has 1 aliphatic rings. The van der Waals surface area contributed by atoms with Crippen LogP contribution in [0.5, 0.6) is 11.5 Å². The van der Waals surface area contributed by atoms with Gasteiger partial charge in [-0.25, -0.2) is 0 Å². The lowest BCUT2D eigenvalue weighted by Crippen LogP contribution is -2.40. The Hall–Kier alpha value is -1.75. The molecule has 1 saturated heterocycles. The molecule has 5 nitrogen and oxygen atoms in total. The summed E-state index contributed by atoms with van der Waals surface area (Å²) in [4.78, 5) is 13.9. The fourth-order valence-corrected chi connectivity index (χ4v) is 2.42. The van der Waals surface area contributed by atoms with Crippen LogP contribution >= 0.6 is 0 Å².